The van der Waals surface area contributed by atoms with Gasteiger partial charge in [0, 0.05) is 11.6 Å². The number of nitrogens with zero attached hydrogens (tertiary/aromatic N) is 2. The number of methoxy groups -OCH3 is 1. The van der Waals surface area contributed by atoms with Gasteiger partial charge in [0.2, 0.25) is 12.3 Å². The lowest BCUT2D eigenvalue weighted by molar-refractivity contribution is -0.530. The summed E-state index contributed by atoms with van der Waals surface area (Å²) in [5.74, 6) is 7.18. The highest BCUT2D eigenvalue weighted by Crippen LogP contribution is 2.10. The number of hydrogen-bond acceptors (Lipinski definition) is 2. The Morgan fingerprint density at radius 3 is 2.74 bits per heavy atom. The number of aromatic nitrogens is 1. The Morgan fingerprint density at radius 2 is 1.95 bits per heavy atom. The number of ether oxygens (including phenoxy) is 1. The van der Waals surface area contributed by atoms with Crippen LogP contribution in [0.3, 0.4) is 0 Å². The molecule has 0 bridgehead atoms. The monoisotopic (exact) mass is 249 g/mol. The van der Waals surface area contributed by atoms with Crippen LogP contribution in [0.4, 0.5) is 0 Å². The van der Waals surface area contributed by atoms with Gasteiger partial charge in [-0.3, -0.25) is 0 Å². The van der Waals surface area contributed by atoms with E-state index in [1.54, 1.807) is 7.11 Å². The van der Waals surface area contributed by atoms with E-state index in [0.717, 1.165) is 22.5 Å². The van der Waals surface area contributed by atoms with Crippen molar-refractivity contribution < 1.29 is 8.98 Å². The van der Waals surface area contributed by atoms with E-state index in [0.29, 0.717) is 6.54 Å². The van der Waals surface area contributed by atoms with Crippen molar-refractivity contribution >= 4 is 0 Å². The molecule has 2 heterocycles. The zero-order valence-electron chi connectivity index (χ0n) is 10.6. The van der Waals surface area contributed by atoms with Gasteiger partial charge in [0.25, 0.3) is 0 Å². The van der Waals surface area contributed by atoms with Gasteiger partial charge in [-0.05, 0) is 36.3 Å². The Kier molecular flexibility index (Phi) is 2.99. The highest BCUT2D eigenvalue weighted by atomic mass is 16.5. The van der Waals surface area contributed by atoms with Crippen LogP contribution < -0.4 is 14.5 Å². The standard InChI is InChI=1S/C16H13N2O/c1-19-15-9-6-13(7-10-15)5-8-14-12-17-16-4-2-3-11-18(14)16/h2-4,6-7,9-11H,12H2,1H3/q+1. The SMILES string of the molecule is COc1ccc(C#CC2=[n+]3ccccc3=NC2)cc1. The molecule has 1 aliphatic heterocycles. The van der Waals surface area contributed by atoms with Gasteiger partial charge in [-0.1, -0.05) is 17.0 Å². The first kappa shape index (κ1) is 11.5. The number of hydrogen-bond donors (Lipinski definition) is 0. The average molecular weight is 249 g/mol. The fourth-order valence-corrected chi connectivity index (χ4v) is 1.94. The Labute approximate surface area is 111 Å². The maximum atomic E-state index is 5.12. The molecule has 3 rings (SSSR count). The molecule has 0 amide bonds. The second-order valence-corrected chi connectivity index (χ2v) is 4.17. The molecular formula is C16H13N2O+. The van der Waals surface area contributed by atoms with E-state index in [9.17, 15) is 0 Å². The fourth-order valence-electron chi connectivity index (χ4n) is 1.94. The van der Waals surface area contributed by atoms with E-state index >= 15 is 0 Å². The molecule has 19 heavy (non-hydrogen) atoms. The van der Waals surface area contributed by atoms with Crippen LogP contribution in [0, 0.1) is 17.6 Å². The van der Waals surface area contributed by atoms with Gasteiger partial charge in [0.05, 0.1) is 13.3 Å². The molecule has 1 aromatic heterocycles. The van der Waals surface area contributed by atoms with Gasteiger partial charge in [-0.25, -0.2) is 0 Å². The van der Waals surface area contributed by atoms with E-state index in [1.165, 1.54) is 0 Å². The van der Waals surface area contributed by atoms with Crippen LogP contribution in [-0.4, -0.2) is 13.7 Å². The van der Waals surface area contributed by atoms with Crippen LogP contribution in [0.1, 0.15) is 5.56 Å². The first-order valence-electron chi connectivity index (χ1n) is 6.07. The summed E-state index contributed by atoms with van der Waals surface area (Å²) in [7, 11) is 1.66. The van der Waals surface area contributed by atoms with Crippen molar-refractivity contribution in [1.82, 2.24) is 0 Å². The third kappa shape index (κ3) is 2.34. The van der Waals surface area contributed by atoms with Gasteiger partial charge in [0.15, 0.2) is 0 Å². The van der Waals surface area contributed by atoms with Crippen molar-refractivity contribution in [3.8, 4) is 17.6 Å². The highest BCUT2D eigenvalue weighted by molar-refractivity contribution is 5.39. The lowest BCUT2D eigenvalue weighted by Crippen LogP contribution is -2.35. The third-order valence-electron chi connectivity index (χ3n) is 2.96. The van der Waals surface area contributed by atoms with Crippen LogP contribution in [0.25, 0.3) is 0 Å². The molecule has 0 fully saturated rings. The molecule has 1 aromatic carbocycles. The summed E-state index contributed by atoms with van der Waals surface area (Å²) in [4.78, 5) is 4.42. The third-order valence-corrected chi connectivity index (χ3v) is 2.96. The molecule has 0 aliphatic carbocycles. The molecule has 1 aliphatic rings. The summed E-state index contributed by atoms with van der Waals surface area (Å²) >= 11 is 0. The molecule has 0 atom stereocenters. The van der Waals surface area contributed by atoms with Gasteiger partial charge >= 0.3 is 5.49 Å². The summed E-state index contributed by atoms with van der Waals surface area (Å²) in [5, 5.41) is 0. The van der Waals surface area contributed by atoms with Crippen LogP contribution >= 0.6 is 0 Å². The molecule has 92 valence electrons. The molecule has 0 saturated carbocycles. The summed E-state index contributed by atoms with van der Waals surface area (Å²) in [6.45, 7) is 0.646. The molecule has 0 saturated heterocycles. The van der Waals surface area contributed by atoms with Crippen molar-refractivity contribution in [3.05, 3.63) is 65.4 Å². The maximum absolute atomic E-state index is 5.12. The largest absolute Gasteiger partial charge is 0.497 e. The minimum atomic E-state index is 0.646. The zero-order chi connectivity index (χ0) is 13.1. The van der Waals surface area contributed by atoms with Crippen LogP contribution in [0.5, 0.6) is 5.75 Å². The number of benzene rings is 1. The number of fused-ring (bicyclic) bond motifs is 1. The van der Waals surface area contributed by atoms with E-state index in [4.69, 9.17) is 4.74 Å². The van der Waals surface area contributed by atoms with E-state index in [1.807, 2.05) is 52.9 Å². The van der Waals surface area contributed by atoms with Crippen molar-refractivity contribution in [3.63, 3.8) is 0 Å². The molecule has 0 spiro atoms. The Morgan fingerprint density at radius 1 is 1.11 bits per heavy atom. The van der Waals surface area contributed by atoms with Gasteiger partial charge < -0.3 is 4.74 Å². The molecular weight excluding hydrogens is 236 g/mol. The number of rotatable bonds is 1. The zero-order valence-corrected chi connectivity index (χ0v) is 10.6. The van der Waals surface area contributed by atoms with Crippen molar-refractivity contribution in [2.75, 3.05) is 13.7 Å². The van der Waals surface area contributed by atoms with Gasteiger partial charge in [-0.2, -0.15) is 4.24 Å². The Balaban J connectivity index is 1.96. The topological polar surface area (TPSA) is 27.5 Å². The first-order chi connectivity index (χ1) is 9.36. The second-order valence-electron chi connectivity index (χ2n) is 4.17. The fraction of sp³-hybridized carbons (Fsp3) is 0.125. The molecule has 3 heteroatoms. The summed E-state index contributed by atoms with van der Waals surface area (Å²) in [6, 6.07) is 13.7. The highest BCUT2D eigenvalue weighted by Gasteiger charge is 2.11. The summed E-state index contributed by atoms with van der Waals surface area (Å²) in [6.07, 6.45) is 1.99. The van der Waals surface area contributed by atoms with E-state index in [-0.39, 0.29) is 0 Å². The Hall–Kier alpha value is -2.60. The quantitative estimate of drug-likeness (QED) is 0.548. The lowest BCUT2D eigenvalue weighted by Gasteiger charge is -1.97. The smallest absolute Gasteiger partial charge is 0.323 e. The number of pyridine rings is 1. The predicted octanol–water partition coefficient (Wildman–Crippen LogP) is 1.05. The minimum Gasteiger partial charge on any atom is -0.497 e. The first-order valence-corrected chi connectivity index (χ1v) is 6.07. The predicted molar refractivity (Wildman–Crippen MR) is 71.2 cm³/mol. The molecule has 2 aromatic rings. The molecule has 3 nitrogen and oxygen atoms in total. The summed E-state index contributed by atoms with van der Waals surface area (Å²) in [5.41, 5.74) is 2.94. The lowest BCUT2D eigenvalue weighted by atomic mass is 10.2. The molecule has 0 radical (unpaired) electrons. The van der Waals surface area contributed by atoms with Crippen LogP contribution in [-0.2, 0) is 0 Å². The summed E-state index contributed by atoms with van der Waals surface area (Å²) < 4.78 is 7.15. The van der Waals surface area contributed by atoms with E-state index in [2.05, 4.69) is 16.8 Å². The van der Waals surface area contributed by atoms with E-state index < -0.39 is 0 Å². The second kappa shape index (κ2) is 4.95. The van der Waals surface area contributed by atoms with Gasteiger partial charge in [0.1, 0.15) is 5.75 Å². The molecule has 0 N–H and O–H groups in total. The van der Waals surface area contributed by atoms with Crippen LogP contribution in [0.2, 0.25) is 0 Å². The average Bonchev–Trinajstić information content (AvgIpc) is 2.89. The minimum absolute atomic E-state index is 0.646. The molecule has 0 unspecified atom stereocenters. The Bertz CT molecular complexity index is 780. The maximum Gasteiger partial charge on any atom is 0.323 e. The normalized spacial score (nSPS) is 12.2. The van der Waals surface area contributed by atoms with Gasteiger partial charge in [-0.15, -0.1) is 0 Å². The van der Waals surface area contributed by atoms with Crippen molar-refractivity contribution in [2.24, 2.45) is 4.99 Å². The van der Waals surface area contributed by atoms with Crippen LogP contribution in [0.15, 0.2) is 53.7 Å². The van der Waals surface area contributed by atoms with Crippen molar-refractivity contribution in [1.29, 1.82) is 0 Å². The van der Waals surface area contributed by atoms with Crippen molar-refractivity contribution in [2.45, 2.75) is 0 Å².